The summed E-state index contributed by atoms with van der Waals surface area (Å²) in [5.74, 6) is -0.738. The molecule has 1 fully saturated rings. The molecule has 6 nitrogen and oxygen atoms in total. The van der Waals surface area contributed by atoms with Crippen LogP contribution in [0, 0.1) is 0 Å². The summed E-state index contributed by atoms with van der Waals surface area (Å²) >= 11 is 12.4. The zero-order chi connectivity index (χ0) is 19.6. The van der Waals surface area contributed by atoms with Crippen molar-refractivity contribution in [2.75, 3.05) is 12.3 Å². The van der Waals surface area contributed by atoms with Crippen molar-refractivity contribution in [1.82, 2.24) is 10.2 Å². The van der Waals surface area contributed by atoms with E-state index < -0.39 is 15.9 Å². The lowest BCUT2D eigenvalue weighted by Crippen LogP contribution is -2.38. The highest BCUT2D eigenvalue weighted by atomic mass is 35.5. The molecule has 3 rings (SSSR count). The van der Waals surface area contributed by atoms with E-state index in [0.717, 1.165) is 11.0 Å². The van der Waals surface area contributed by atoms with Crippen molar-refractivity contribution >= 4 is 67.6 Å². The molecule has 1 N–H and O–H groups in total. The van der Waals surface area contributed by atoms with Gasteiger partial charge in [-0.3, -0.25) is 14.5 Å². The van der Waals surface area contributed by atoms with Crippen molar-refractivity contribution < 1.29 is 18.0 Å². The Morgan fingerprint density at radius 1 is 1.44 bits per heavy atom. The van der Waals surface area contributed by atoms with E-state index in [-0.39, 0.29) is 30.5 Å². The summed E-state index contributed by atoms with van der Waals surface area (Å²) in [4.78, 5) is 26.4. The molecule has 2 aliphatic heterocycles. The maximum Gasteiger partial charge on any atom is 0.266 e. The molecule has 1 atom stereocenters. The first kappa shape index (κ1) is 20.1. The molecule has 10 heteroatoms. The number of amides is 2. The Balaban J connectivity index is 1.58. The zero-order valence-corrected chi connectivity index (χ0v) is 17.1. The van der Waals surface area contributed by atoms with Crippen LogP contribution in [0.1, 0.15) is 12.0 Å². The number of nitrogens with zero attached hydrogens (tertiary/aromatic N) is 1. The second-order valence-corrected chi connectivity index (χ2v) is 10.0. The molecule has 2 aliphatic rings. The van der Waals surface area contributed by atoms with Crippen molar-refractivity contribution in [2.24, 2.45) is 0 Å². The van der Waals surface area contributed by atoms with Crippen LogP contribution in [0.25, 0.3) is 6.08 Å². The van der Waals surface area contributed by atoms with Crippen LogP contribution in [0.3, 0.4) is 0 Å². The highest BCUT2D eigenvalue weighted by Gasteiger charge is 2.32. The molecule has 142 valence electrons. The number of thioether (sulfide) groups is 1. The van der Waals surface area contributed by atoms with Crippen molar-refractivity contribution in [1.29, 1.82) is 0 Å². The fraction of sp³-hybridized carbons (Fsp3) is 0.235. The van der Waals surface area contributed by atoms with Crippen LogP contribution < -0.4 is 5.32 Å². The van der Waals surface area contributed by atoms with Crippen molar-refractivity contribution in [3.63, 3.8) is 0 Å². The predicted octanol–water partition coefficient (Wildman–Crippen LogP) is 2.36. The van der Waals surface area contributed by atoms with Crippen LogP contribution in [-0.4, -0.2) is 47.8 Å². The number of thiocarbonyl (C=S) groups is 1. The van der Waals surface area contributed by atoms with E-state index in [1.54, 1.807) is 24.3 Å². The van der Waals surface area contributed by atoms with Gasteiger partial charge in [0.2, 0.25) is 5.91 Å². The van der Waals surface area contributed by atoms with Crippen LogP contribution in [0.15, 0.2) is 40.7 Å². The summed E-state index contributed by atoms with van der Waals surface area (Å²) in [5.41, 5.74) is 0.787. The lowest BCUT2D eigenvalue weighted by Gasteiger charge is -2.15. The molecular weight excluding hydrogens is 428 g/mol. The van der Waals surface area contributed by atoms with Gasteiger partial charge >= 0.3 is 0 Å². The van der Waals surface area contributed by atoms with Gasteiger partial charge in [-0.1, -0.05) is 47.7 Å². The van der Waals surface area contributed by atoms with E-state index in [4.69, 9.17) is 23.8 Å². The second kappa shape index (κ2) is 8.14. The minimum atomic E-state index is -3.23. The number of hydrogen-bond donors (Lipinski definition) is 1. The number of carbonyl (C=O) groups is 2. The Morgan fingerprint density at radius 3 is 2.89 bits per heavy atom. The number of carbonyl (C=O) groups excluding carboxylic acids is 2. The van der Waals surface area contributed by atoms with Gasteiger partial charge in [-0.15, -0.1) is 0 Å². The first-order valence-corrected chi connectivity index (χ1v) is 11.3. The number of nitrogens with one attached hydrogen (secondary N) is 1. The van der Waals surface area contributed by atoms with Crippen LogP contribution in [0.2, 0.25) is 5.02 Å². The number of halogens is 1. The second-order valence-electron chi connectivity index (χ2n) is 5.97. The average molecular weight is 443 g/mol. The topological polar surface area (TPSA) is 83.6 Å². The molecule has 0 radical (unpaired) electrons. The van der Waals surface area contributed by atoms with Crippen molar-refractivity contribution in [3.05, 3.63) is 51.2 Å². The molecule has 2 amide bonds. The summed E-state index contributed by atoms with van der Waals surface area (Å²) in [5, 5.41) is 4.29. The summed E-state index contributed by atoms with van der Waals surface area (Å²) < 4.78 is 23.1. The monoisotopic (exact) mass is 442 g/mol. The maximum atomic E-state index is 12.5. The van der Waals surface area contributed by atoms with Gasteiger partial charge in [0.15, 0.2) is 9.84 Å². The third-order valence-electron chi connectivity index (χ3n) is 3.86. The standard InChI is InChI=1S/C17H15ClN2O4S3/c18-12-3-1-2-11(8-12)9-14-16(22)20(17(25)26-14)6-4-15(21)19-13-5-7-27(23,24)10-13/h1-3,5,7-9,13H,4,6,10H2,(H,19,21)/b14-9+. The Bertz CT molecular complexity index is 972. The molecule has 0 saturated carbocycles. The molecule has 1 aromatic carbocycles. The number of hydrogen-bond acceptors (Lipinski definition) is 6. The van der Waals surface area contributed by atoms with E-state index >= 15 is 0 Å². The minimum Gasteiger partial charge on any atom is -0.349 e. The minimum absolute atomic E-state index is 0.0290. The first-order valence-electron chi connectivity index (χ1n) is 7.95. The molecule has 1 unspecified atom stereocenters. The highest BCUT2D eigenvalue weighted by Crippen LogP contribution is 2.32. The number of benzene rings is 1. The quantitative estimate of drug-likeness (QED) is 0.556. The van der Waals surface area contributed by atoms with Crippen LogP contribution in [0.4, 0.5) is 0 Å². The summed E-state index contributed by atoms with van der Waals surface area (Å²) in [6.07, 6.45) is 3.18. The van der Waals surface area contributed by atoms with Crippen LogP contribution >= 0.6 is 35.6 Å². The Morgan fingerprint density at radius 2 is 2.22 bits per heavy atom. The van der Waals surface area contributed by atoms with E-state index in [2.05, 4.69) is 5.32 Å². The van der Waals surface area contributed by atoms with Gasteiger partial charge < -0.3 is 5.32 Å². The maximum absolute atomic E-state index is 12.5. The van der Waals surface area contributed by atoms with E-state index in [0.29, 0.717) is 14.2 Å². The van der Waals surface area contributed by atoms with Gasteiger partial charge in [0.1, 0.15) is 4.32 Å². The predicted molar refractivity (Wildman–Crippen MR) is 111 cm³/mol. The van der Waals surface area contributed by atoms with E-state index in [1.807, 2.05) is 6.07 Å². The molecule has 0 bridgehead atoms. The Hall–Kier alpha value is -1.68. The van der Waals surface area contributed by atoms with Crippen molar-refractivity contribution in [2.45, 2.75) is 12.5 Å². The fourth-order valence-corrected chi connectivity index (χ4v) is 5.34. The number of sulfone groups is 1. The van der Waals surface area contributed by atoms with Gasteiger partial charge in [-0.05, 0) is 29.8 Å². The third kappa shape index (κ3) is 5.19. The van der Waals surface area contributed by atoms with Gasteiger partial charge in [0, 0.05) is 23.4 Å². The average Bonchev–Trinajstić information content (AvgIpc) is 3.05. The van der Waals surface area contributed by atoms with Gasteiger partial charge in [-0.2, -0.15) is 0 Å². The largest absolute Gasteiger partial charge is 0.349 e. The van der Waals surface area contributed by atoms with E-state index in [1.165, 1.54) is 22.7 Å². The van der Waals surface area contributed by atoms with Gasteiger partial charge in [-0.25, -0.2) is 8.42 Å². The highest BCUT2D eigenvalue weighted by molar-refractivity contribution is 8.26. The van der Waals surface area contributed by atoms with Gasteiger partial charge in [0.25, 0.3) is 5.91 Å². The summed E-state index contributed by atoms with van der Waals surface area (Å²) in [6.45, 7) is 0.132. The lowest BCUT2D eigenvalue weighted by atomic mass is 10.2. The van der Waals surface area contributed by atoms with Gasteiger partial charge in [0.05, 0.1) is 16.7 Å². The SMILES string of the molecule is O=C(CCN1C(=O)/C(=C\c2cccc(Cl)c2)SC1=S)NC1C=CS(=O)(=O)C1. The zero-order valence-electron chi connectivity index (χ0n) is 13.9. The smallest absolute Gasteiger partial charge is 0.266 e. The molecule has 1 aromatic rings. The molecule has 27 heavy (non-hydrogen) atoms. The van der Waals surface area contributed by atoms with Crippen LogP contribution in [0.5, 0.6) is 0 Å². The Labute approximate surface area is 171 Å². The molecule has 0 aliphatic carbocycles. The van der Waals surface area contributed by atoms with E-state index in [9.17, 15) is 18.0 Å². The number of rotatable bonds is 5. The molecule has 0 aromatic heterocycles. The summed E-state index contributed by atoms with van der Waals surface area (Å²) in [7, 11) is -3.23. The Kier molecular flexibility index (Phi) is 6.05. The molecule has 1 saturated heterocycles. The first-order chi connectivity index (χ1) is 12.7. The lowest BCUT2D eigenvalue weighted by molar-refractivity contribution is -0.124. The molecular formula is C17H15ClN2O4S3. The normalized spacial score (nSPS) is 22.6. The third-order valence-corrected chi connectivity index (χ3v) is 6.87. The molecule has 2 heterocycles. The molecule has 0 spiro atoms. The summed E-state index contributed by atoms with van der Waals surface area (Å²) in [6, 6.07) is 6.57. The van der Waals surface area contributed by atoms with Crippen LogP contribution in [-0.2, 0) is 19.4 Å². The fourth-order valence-electron chi connectivity index (χ4n) is 2.60. The van der Waals surface area contributed by atoms with Crippen molar-refractivity contribution in [3.8, 4) is 0 Å².